The SMILES string of the molecule is CN=C(NCCCN1CCCCCC1)NC1CCN(S(=O)(=O)C(F)(F)F)CC1.I. The number of piperidine rings is 1. The highest BCUT2D eigenvalue weighted by Gasteiger charge is 2.50. The van der Waals surface area contributed by atoms with Gasteiger partial charge in [0.2, 0.25) is 0 Å². The molecule has 0 bridgehead atoms. The number of aliphatic imine (C=N–C) groups is 1. The van der Waals surface area contributed by atoms with Crippen molar-refractivity contribution in [3.05, 3.63) is 0 Å². The summed E-state index contributed by atoms with van der Waals surface area (Å²) in [4.78, 5) is 6.65. The standard InChI is InChI=1S/C17H32F3N5O2S.HI/c1-21-16(22-9-6-12-24-10-4-2-3-5-11-24)23-15-7-13-25(14-8-15)28(26,27)17(18,19)20;/h15H,2-14H2,1H3,(H2,21,22,23);1H. The molecule has 2 fully saturated rings. The minimum absolute atomic E-state index is 0. The van der Waals surface area contributed by atoms with Gasteiger partial charge in [0, 0.05) is 32.7 Å². The molecule has 7 nitrogen and oxygen atoms in total. The number of guanidine groups is 1. The number of nitrogens with one attached hydrogen (secondary N) is 2. The zero-order valence-corrected chi connectivity index (χ0v) is 20.0. The molecule has 2 aliphatic rings. The highest BCUT2D eigenvalue weighted by Crippen LogP contribution is 2.28. The fourth-order valence-corrected chi connectivity index (χ4v) is 4.63. The summed E-state index contributed by atoms with van der Waals surface area (Å²) in [5.74, 6) is 0.605. The van der Waals surface area contributed by atoms with Crippen molar-refractivity contribution in [2.75, 3.05) is 46.3 Å². The zero-order chi connectivity index (χ0) is 20.6. The Kier molecular flexibility index (Phi) is 11.5. The summed E-state index contributed by atoms with van der Waals surface area (Å²) in [6, 6.07) is -0.100. The molecule has 12 heteroatoms. The van der Waals surface area contributed by atoms with E-state index < -0.39 is 15.5 Å². The lowest BCUT2D eigenvalue weighted by Gasteiger charge is -2.32. The second-order valence-corrected chi connectivity index (χ2v) is 9.31. The van der Waals surface area contributed by atoms with Crippen molar-refractivity contribution in [1.29, 1.82) is 0 Å². The van der Waals surface area contributed by atoms with Crippen LogP contribution in [0.3, 0.4) is 0 Å². The fourth-order valence-electron chi connectivity index (χ4n) is 3.64. The maximum absolute atomic E-state index is 12.6. The van der Waals surface area contributed by atoms with Crippen LogP contribution in [0.4, 0.5) is 13.2 Å². The van der Waals surface area contributed by atoms with E-state index in [-0.39, 0.29) is 43.1 Å². The van der Waals surface area contributed by atoms with Crippen LogP contribution in [0.25, 0.3) is 0 Å². The number of likely N-dealkylation sites (tertiary alicyclic amines) is 1. The van der Waals surface area contributed by atoms with Crippen LogP contribution in [-0.4, -0.2) is 81.4 Å². The monoisotopic (exact) mass is 555 g/mol. The molecule has 0 aromatic heterocycles. The molecule has 0 aromatic carbocycles. The van der Waals surface area contributed by atoms with Gasteiger partial charge in [-0.25, -0.2) is 8.42 Å². The first-order valence-electron chi connectivity index (χ1n) is 10.00. The molecular formula is C17H33F3IN5O2S. The molecule has 0 unspecified atom stereocenters. The Morgan fingerprint density at radius 1 is 1.07 bits per heavy atom. The second kappa shape index (κ2) is 12.5. The number of hydrogen-bond acceptors (Lipinski definition) is 4. The molecule has 0 aromatic rings. The molecule has 2 aliphatic heterocycles. The van der Waals surface area contributed by atoms with Gasteiger partial charge in [0.05, 0.1) is 0 Å². The normalized spacial score (nSPS) is 21.3. The first-order chi connectivity index (χ1) is 13.2. The third-order valence-corrected chi connectivity index (χ3v) is 6.92. The van der Waals surface area contributed by atoms with Gasteiger partial charge in [0.25, 0.3) is 0 Å². The predicted molar refractivity (Wildman–Crippen MR) is 119 cm³/mol. The van der Waals surface area contributed by atoms with Crippen LogP contribution in [-0.2, 0) is 10.0 Å². The molecule has 0 radical (unpaired) electrons. The molecule has 0 aliphatic carbocycles. The summed E-state index contributed by atoms with van der Waals surface area (Å²) in [5, 5.41) is 6.43. The maximum Gasteiger partial charge on any atom is 0.511 e. The summed E-state index contributed by atoms with van der Waals surface area (Å²) in [5.41, 5.74) is -5.24. The van der Waals surface area contributed by atoms with Crippen molar-refractivity contribution >= 4 is 40.0 Å². The smallest absolute Gasteiger partial charge is 0.356 e. The lowest BCUT2D eigenvalue weighted by molar-refractivity contribution is -0.0494. The van der Waals surface area contributed by atoms with Crippen molar-refractivity contribution in [1.82, 2.24) is 19.8 Å². The average Bonchev–Trinajstić information content (AvgIpc) is 2.92. The number of rotatable bonds is 6. The second-order valence-electron chi connectivity index (χ2n) is 7.38. The summed E-state index contributed by atoms with van der Waals surface area (Å²) < 4.78 is 61.3. The van der Waals surface area contributed by atoms with E-state index in [9.17, 15) is 21.6 Å². The highest BCUT2D eigenvalue weighted by atomic mass is 127. The van der Waals surface area contributed by atoms with E-state index in [2.05, 4.69) is 20.5 Å². The van der Waals surface area contributed by atoms with Crippen LogP contribution in [0.1, 0.15) is 44.9 Å². The number of nitrogens with zero attached hydrogens (tertiary/aromatic N) is 3. The molecular weight excluding hydrogens is 522 g/mol. The largest absolute Gasteiger partial charge is 0.511 e. The Hall–Kier alpha value is -0.340. The Morgan fingerprint density at radius 3 is 2.17 bits per heavy atom. The Labute approximate surface area is 188 Å². The molecule has 2 saturated heterocycles. The van der Waals surface area contributed by atoms with Crippen LogP contribution < -0.4 is 10.6 Å². The molecule has 0 atom stereocenters. The first kappa shape index (κ1) is 26.7. The Bertz CT molecular complexity index is 603. The van der Waals surface area contributed by atoms with Gasteiger partial charge < -0.3 is 15.5 Å². The number of sulfonamides is 1. The van der Waals surface area contributed by atoms with E-state index in [1.54, 1.807) is 7.05 Å². The Balaban J connectivity index is 0.00000420. The van der Waals surface area contributed by atoms with E-state index >= 15 is 0 Å². The molecule has 172 valence electrons. The molecule has 0 amide bonds. The lowest BCUT2D eigenvalue weighted by atomic mass is 10.1. The molecule has 29 heavy (non-hydrogen) atoms. The first-order valence-corrected chi connectivity index (χ1v) is 11.4. The van der Waals surface area contributed by atoms with Gasteiger partial charge >= 0.3 is 15.5 Å². The zero-order valence-electron chi connectivity index (χ0n) is 16.9. The van der Waals surface area contributed by atoms with Gasteiger partial charge in [-0.15, -0.1) is 24.0 Å². The highest BCUT2D eigenvalue weighted by molar-refractivity contribution is 14.0. The van der Waals surface area contributed by atoms with Crippen molar-refractivity contribution in [2.45, 2.75) is 56.5 Å². The van der Waals surface area contributed by atoms with E-state index in [0.29, 0.717) is 23.1 Å². The number of hydrogen-bond donors (Lipinski definition) is 2. The molecule has 0 saturated carbocycles. The molecule has 2 heterocycles. The maximum atomic E-state index is 12.6. The summed E-state index contributed by atoms with van der Waals surface area (Å²) in [7, 11) is -3.59. The minimum atomic E-state index is -5.24. The van der Waals surface area contributed by atoms with Crippen molar-refractivity contribution in [3.8, 4) is 0 Å². The minimum Gasteiger partial charge on any atom is -0.356 e. The van der Waals surface area contributed by atoms with E-state index in [0.717, 1.165) is 32.6 Å². The third kappa shape index (κ3) is 8.37. The molecule has 2 rings (SSSR count). The lowest BCUT2D eigenvalue weighted by Crippen LogP contribution is -2.51. The summed E-state index contributed by atoms with van der Waals surface area (Å²) >= 11 is 0. The third-order valence-electron chi connectivity index (χ3n) is 5.29. The molecule has 0 spiro atoms. The van der Waals surface area contributed by atoms with Crippen LogP contribution >= 0.6 is 24.0 Å². The average molecular weight is 555 g/mol. The summed E-state index contributed by atoms with van der Waals surface area (Å²) in [6.07, 6.45) is 6.76. The van der Waals surface area contributed by atoms with Crippen LogP contribution in [0, 0.1) is 0 Å². The van der Waals surface area contributed by atoms with Gasteiger partial charge in [-0.2, -0.15) is 17.5 Å². The molecule has 2 N–H and O–H groups in total. The van der Waals surface area contributed by atoms with Crippen LogP contribution in [0.15, 0.2) is 4.99 Å². The van der Waals surface area contributed by atoms with Crippen LogP contribution in [0.5, 0.6) is 0 Å². The van der Waals surface area contributed by atoms with E-state index in [4.69, 9.17) is 0 Å². The number of halogens is 4. The van der Waals surface area contributed by atoms with Gasteiger partial charge in [0.15, 0.2) is 5.96 Å². The predicted octanol–water partition coefficient (Wildman–Crippen LogP) is 2.35. The van der Waals surface area contributed by atoms with E-state index in [1.807, 2.05) is 0 Å². The quantitative estimate of drug-likeness (QED) is 0.228. The van der Waals surface area contributed by atoms with E-state index in [1.165, 1.54) is 25.7 Å². The van der Waals surface area contributed by atoms with Gasteiger partial charge in [-0.1, -0.05) is 12.8 Å². The van der Waals surface area contributed by atoms with Crippen molar-refractivity contribution < 1.29 is 21.6 Å². The van der Waals surface area contributed by atoms with Gasteiger partial charge in [-0.3, -0.25) is 4.99 Å². The summed E-state index contributed by atoms with van der Waals surface area (Å²) in [6.45, 7) is 3.82. The topological polar surface area (TPSA) is 77.0 Å². The van der Waals surface area contributed by atoms with Gasteiger partial charge in [-0.05, 0) is 51.7 Å². The van der Waals surface area contributed by atoms with Gasteiger partial charge in [0.1, 0.15) is 0 Å². The van der Waals surface area contributed by atoms with Crippen molar-refractivity contribution in [2.24, 2.45) is 4.99 Å². The fraction of sp³-hybridized carbons (Fsp3) is 0.941. The number of alkyl halides is 3. The van der Waals surface area contributed by atoms with Crippen molar-refractivity contribution in [3.63, 3.8) is 0 Å². The Morgan fingerprint density at radius 2 is 1.66 bits per heavy atom. The van der Waals surface area contributed by atoms with Crippen LogP contribution in [0.2, 0.25) is 0 Å².